The van der Waals surface area contributed by atoms with Crippen molar-refractivity contribution in [1.29, 1.82) is 0 Å². The third-order valence-electron chi connectivity index (χ3n) is 4.23. The highest BCUT2D eigenvalue weighted by atomic mass is 35.5. The molecule has 1 amide bonds. The Morgan fingerprint density at radius 1 is 1.23 bits per heavy atom. The lowest BCUT2D eigenvalue weighted by atomic mass is 9.93. The summed E-state index contributed by atoms with van der Waals surface area (Å²) in [6.45, 7) is 1.91. The van der Waals surface area contributed by atoms with Gasteiger partial charge in [0.1, 0.15) is 0 Å². The summed E-state index contributed by atoms with van der Waals surface area (Å²) in [4.78, 5) is 12.4. The van der Waals surface area contributed by atoms with Crippen LogP contribution in [-0.4, -0.2) is 5.91 Å². The van der Waals surface area contributed by atoms with Crippen molar-refractivity contribution in [1.82, 2.24) is 0 Å². The second-order valence-electron chi connectivity index (χ2n) is 5.83. The zero-order valence-electron chi connectivity index (χ0n) is 12.7. The molecule has 1 aliphatic rings. The maximum Gasteiger partial charge on any atom is 0.293 e. The Kier molecular flexibility index (Phi) is 4.44. The van der Waals surface area contributed by atoms with Crippen LogP contribution in [0.5, 0.6) is 0 Å². The summed E-state index contributed by atoms with van der Waals surface area (Å²) >= 11 is 5.95. The number of anilines is 1. The van der Waals surface area contributed by atoms with E-state index in [9.17, 15) is 4.79 Å². The molecule has 3 nitrogen and oxygen atoms in total. The van der Waals surface area contributed by atoms with Crippen molar-refractivity contribution in [3.63, 3.8) is 0 Å². The minimum absolute atomic E-state index is 0.0389. The fraction of sp³-hybridized carbons (Fsp3) is 0.333. The van der Waals surface area contributed by atoms with Crippen LogP contribution in [0.2, 0.25) is 5.02 Å². The number of aromatic nitrogens is 1. The predicted molar refractivity (Wildman–Crippen MR) is 88.1 cm³/mol. The number of nitrogens with one attached hydrogen (secondary N) is 1. The third-order valence-corrected chi connectivity index (χ3v) is 4.46. The van der Waals surface area contributed by atoms with E-state index in [-0.39, 0.29) is 11.9 Å². The Balaban J connectivity index is 1.75. The van der Waals surface area contributed by atoms with Crippen molar-refractivity contribution >= 4 is 23.2 Å². The number of carbonyl (C=O) groups is 1. The molecule has 0 spiro atoms. The number of aryl methyl sites for hydroxylation is 2. The summed E-state index contributed by atoms with van der Waals surface area (Å²) in [6.07, 6.45) is 8.89. The molecule has 1 atom stereocenters. The van der Waals surface area contributed by atoms with Crippen LogP contribution in [0, 0.1) is 0 Å². The van der Waals surface area contributed by atoms with E-state index in [1.165, 1.54) is 24.0 Å². The van der Waals surface area contributed by atoms with Gasteiger partial charge in [-0.25, -0.2) is 0 Å². The van der Waals surface area contributed by atoms with E-state index in [4.69, 9.17) is 11.6 Å². The molecule has 2 aromatic rings. The van der Waals surface area contributed by atoms with Gasteiger partial charge in [0.05, 0.1) is 0 Å². The second-order valence-corrected chi connectivity index (χ2v) is 6.26. The van der Waals surface area contributed by atoms with Gasteiger partial charge in [-0.2, -0.15) is 4.57 Å². The molecule has 1 aliphatic carbocycles. The van der Waals surface area contributed by atoms with E-state index < -0.39 is 0 Å². The van der Waals surface area contributed by atoms with Crippen LogP contribution < -0.4 is 9.88 Å². The van der Waals surface area contributed by atoms with Gasteiger partial charge in [0.2, 0.25) is 6.04 Å². The summed E-state index contributed by atoms with van der Waals surface area (Å²) in [5.74, 6) is -0.0389. The highest BCUT2D eigenvalue weighted by molar-refractivity contribution is 6.30. The molecule has 3 rings (SSSR count). The molecule has 0 bridgehead atoms. The molecule has 0 unspecified atom stereocenters. The molecule has 1 heterocycles. The van der Waals surface area contributed by atoms with Crippen LogP contribution in [-0.2, 0) is 17.6 Å². The number of benzene rings is 1. The first-order chi connectivity index (χ1) is 10.6. The quantitative estimate of drug-likeness (QED) is 0.861. The van der Waals surface area contributed by atoms with Gasteiger partial charge in [-0.15, -0.1) is 0 Å². The number of fused-ring (bicyclic) bond motifs is 1. The number of amides is 1. The number of pyridine rings is 1. The van der Waals surface area contributed by atoms with Crippen LogP contribution in [0.3, 0.4) is 0 Å². The normalized spacial score (nSPS) is 15.0. The van der Waals surface area contributed by atoms with Gasteiger partial charge in [-0.05, 0) is 49.4 Å². The summed E-state index contributed by atoms with van der Waals surface area (Å²) in [7, 11) is 0. The minimum atomic E-state index is -0.258. The predicted octanol–water partition coefficient (Wildman–Crippen LogP) is 3.71. The summed E-state index contributed by atoms with van der Waals surface area (Å²) < 4.78 is 1.99. The van der Waals surface area contributed by atoms with Gasteiger partial charge in [0.25, 0.3) is 5.91 Å². The average Bonchev–Trinajstić information content (AvgIpc) is 2.53. The standard InChI is InChI=1S/C18H19ClN2O/c1-13(18(22)20-17-8-4-7-16(19)11-17)21-10-9-14-5-2-3-6-15(14)12-21/h4,7-13H,2-3,5-6H2,1H3/p+1/t13-/m1/s1. The minimum Gasteiger partial charge on any atom is -0.320 e. The topological polar surface area (TPSA) is 33.0 Å². The molecule has 0 aliphatic heterocycles. The molecule has 0 fully saturated rings. The Hall–Kier alpha value is -1.87. The van der Waals surface area contributed by atoms with Gasteiger partial charge in [-0.1, -0.05) is 17.7 Å². The van der Waals surface area contributed by atoms with Crippen LogP contribution in [0.4, 0.5) is 5.69 Å². The molecule has 1 aromatic carbocycles. The molecule has 114 valence electrons. The second kappa shape index (κ2) is 6.49. The van der Waals surface area contributed by atoms with E-state index in [1.54, 1.807) is 12.1 Å². The SMILES string of the molecule is C[C@H](C(=O)Nc1cccc(Cl)c1)[n+]1ccc2c(c1)CCCC2. The number of hydrogen-bond acceptors (Lipinski definition) is 1. The van der Waals surface area contributed by atoms with Gasteiger partial charge < -0.3 is 5.32 Å². The van der Waals surface area contributed by atoms with E-state index in [0.29, 0.717) is 5.02 Å². The number of halogens is 1. The Morgan fingerprint density at radius 3 is 2.77 bits per heavy atom. The monoisotopic (exact) mass is 315 g/mol. The summed E-state index contributed by atoms with van der Waals surface area (Å²) in [5, 5.41) is 3.53. The molecular formula is C18H20ClN2O+. The van der Waals surface area contributed by atoms with Gasteiger partial charge >= 0.3 is 0 Å². The molecule has 0 saturated carbocycles. The number of hydrogen-bond donors (Lipinski definition) is 1. The van der Waals surface area contributed by atoms with E-state index in [0.717, 1.165) is 18.5 Å². The van der Waals surface area contributed by atoms with E-state index >= 15 is 0 Å². The van der Waals surface area contributed by atoms with Crippen LogP contribution in [0.25, 0.3) is 0 Å². The van der Waals surface area contributed by atoms with Gasteiger partial charge in [0.15, 0.2) is 12.4 Å². The van der Waals surface area contributed by atoms with Crippen molar-refractivity contribution < 1.29 is 9.36 Å². The van der Waals surface area contributed by atoms with Crippen molar-refractivity contribution in [2.24, 2.45) is 0 Å². The zero-order chi connectivity index (χ0) is 15.5. The van der Waals surface area contributed by atoms with E-state index in [2.05, 4.69) is 17.6 Å². The van der Waals surface area contributed by atoms with Crippen LogP contribution >= 0.6 is 11.6 Å². The molecular weight excluding hydrogens is 296 g/mol. The number of nitrogens with zero attached hydrogens (tertiary/aromatic N) is 1. The van der Waals surface area contributed by atoms with Crippen molar-refractivity contribution in [2.45, 2.75) is 38.6 Å². The first kappa shape index (κ1) is 15.0. The van der Waals surface area contributed by atoms with E-state index in [1.807, 2.05) is 29.8 Å². The Bertz CT molecular complexity index is 699. The maximum atomic E-state index is 12.4. The van der Waals surface area contributed by atoms with Crippen LogP contribution in [0.15, 0.2) is 42.7 Å². The summed E-state index contributed by atoms with van der Waals surface area (Å²) in [6, 6.07) is 9.11. The zero-order valence-corrected chi connectivity index (χ0v) is 13.4. The highest BCUT2D eigenvalue weighted by Crippen LogP contribution is 2.20. The van der Waals surface area contributed by atoms with Gasteiger partial charge in [-0.3, -0.25) is 4.79 Å². The molecule has 1 aromatic heterocycles. The smallest absolute Gasteiger partial charge is 0.293 e. The molecule has 4 heteroatoms. The largest absolute Gasteiger partial charge is 0.320 e. The van der Waals surface area contributed by atoms with Crippen molar-refractivity contribution in [3.8, 4) is 0 Å². The Morgan fingerprint density at radius 2 is 2.00 bits per heavy atom. The fourth-order valence-corrected chi connectivity index (χ4v) is 3.07. The number of rotatable bonds is 3. The maximum absolute atomic E-state index is 12.4. The lowest BCUT2D eigenvalue weighted by Crippen LogP contribution is -2.44. The van der Waals surface area contributed by atoms with Crippen molar-refractivity contribution in [2.75, 3.05) is 5.32 Å². The highest BCUT2D eigenvalue weighted by Gasteiger charge is 2.24. The fourth-order valence-electron chi connectivity index (χ4n) is 2.88. The lowest BCUT2D eigenvalue weighted by Gasteiger charge is -2.15. The Labute approximate surface area is 135 Å². The number of carbonyl (C=O) groups excluding carboxylic acids is 1. The van der Waals surface area contributed by atoms with Gasteiger partial charge in [0, 0.05) is 29.3 Å². The van der Waals surface area contributed by atoms with Crippen LogP contribution in [0.1, 0.15) is 36.9 Å². The lowest BCUT2D eigenvalue weighted by molar-refractivity contribution is -0.706. The first-order valence-electron chi connectivity index (χ1n) is 7.72. The summed E-state index contributed by atoms with van der Waals surface area (Å²) in [5.41, 5.74) is 3.52. The first-order valence-corrected chi connectivity index (χ1v) is 8.10. The average molecular weight is 316 g/mol. The molecule has 0 saturated heterocycles. The molecule has 1 N–H and O–H groups in total. The molecule has 0 radical (unpaired) electrons. The third kappa shape index (κ3) is 3.30. The van der Waals surface area contributed by atoms with Crippen molar-refractivity contribution in [3.05, 3.63) is 58.9 Å². The molecule has 22 heavy (non-hydrogen) atoms.